The maximum Gasteiger partial charge on any atom is 0.339 e. The van der Waals surface area contributed by atoms with E-state index in [1.807, 2.05) is 7.85 Å². The molecule has 0 aliphatic heterocycles. The van der Waals surface area contributed by atoms with Crippen LogP contribution in [0.1, 0.15) is 17.3 Å². The van der Waals surface area contributed by atoms with Gasteiger partial charge >= 0.3 is 5.97 Å². The van der Waals surface area contributed by atoms with E-state index in [1.54, 1.807) is 13.0 Å². The van der Waals surface area contributed by atoms with E-state index >= 15 is 0 Å². The summed E-state index contributed by atoms with van der Waals surface area (Å²) < 4.78 is 5.64. The molecule has 1 aromatic rings. The number of hydrogen-bond acceptors (Lipinski definition) is 3. The van der Waals surface area contributed by atoms with E-state index in [-0.39, 0.29) is 5.97 Å². The number of hydrogen-bond donors (Lipinski definition) is 0. The highest BCUT2D eigenvalue weighted by Gasteiger charge is 2.07. The van der Waals surface area contributed by atoms with Gasteiger partial charge in [0.15, 0.2) is 7.85 Å². The molecule has 5 heteroatoms. The highest BCUT2D eigenvalue weighted by molar-refractivity contribution is 9.10. The molecule has 0 radical (unpaired) electrons. The summed E-state index contributed by atoms with van der Waals surface area (Å²) in [5.41, 5.74) is 1.33. The third-order valence-corrected chi connectivity index (χ3v) is 2.34. The quantitative estimate of drug-likeness (QED) is 0.552. The van der Waals surface area contributed by atoms with Crippen molar-refractivity contribution in [2.75, 3.05) is 6.61 Å². The van der Waals surface area contributed by atoms with Crippen LogP contribution < -0.4 is 5.59 Å². The Morgan fingerprint density at radius 3 is 3.00 bits per heavy atom. The zero-order valence-electron chi connectivity index (χ0n) is 7.50. The largest absolute Gasteiger partial charge is 0.462 e. The van der Waals surface area contributed by atoms with Crippen molar-refractivity contribution in [1.29, 1.82) is 0 Å². The van der Waals surface area contributed by atoms with Crippen LogP contribution in [0.2, 0.25) is 0 Å². The molecule has 0 saturated carbocycles. The molecule has 0 aliphatic carbocycles. The second-order valence-electron chi connectivity index (χ2n) is 2.51. The average molecular weight is 242 g/mol. The molecule has 0 amide bonds. The van der Waals surface area contributed by atoms with E-state index in [2.05, 4.69) is 20.9 Å². The Labute approximate surface area is 86.0 Å². The zero-order chi connectivity index (χ0) is 9.84. The number of rotatable bonds is 2. The molecule has 13 heavy (non-hydrogen) atoms. The number of carbonyl (C=O) groups excluding carboxylic acids is 1. The first-order valence-corrected chi connectivity index (χ1v) is 4.73. The van der Waals surface area contributed by atoms with E-state index in [4.69, 9.17) is 4.74 Å². The van der Waals surface area contributed by atoms with Crippen LogP contribution in [-0.4, -0.2) is 25.4 Å². The van der Waals surface area contributed by atoms with Gasteiger partial charge in [-0.3, -0.25) is 4.98 Å². The van der Waals surface area contributed by atoms with Crippen molar-refractivity contribution >= 4 is 35.3 Å². The predicted octanol–water partition coefficient (Wildman–Crippen LogP) is 0.279. The minimum Gasteiger partial charge on any atom is -0.462 e. The molecule has 0 fully saturated rings. The number of aromatic nitrogens is 1. The number of halogens is 1. The fraction of sp³-hybridized carbons (Fsp3) is 0.250. The summed E-state index contributed by atoms with van der Waals surface area (Å²) in [6.45, 7) is 2.15. The maximum absolute atomic E-state index is 11.2. The van der Waals surface area contributed by atoms with Crippen LogP contribution in [0.5, 0.6) is 0 Å². The smallest absolute Gasteiger partial charge is 0.339 e. The van der Waals surface area contributed by atoms with Crippen LogP contribution in [0, 0.1) is 0 Å². The summed E-state index contributed by atoms with van der Waals surface area (Å²) >= 11 is 3.30. The number of nitrogens with zero attached hydrogens (tertiary/aromatic N) is 1. The van der Waals surface area contributed by atoms with Gasteiger partial charge in [0.05, 0.1) is 12.2 Å². The van der Waals surface area contributed by atoms with Crippen LogP contribution in [0.25, 0.3) is 0 Å². The molecule has 0 N–H and O–H groups in total. The van der Waals surface area contributed by atoms with Crippen molar-refractivity contribution in [3.05, 3.63) is 22.3 Å². The van der Waals surface area contributed by atoms with Crippen LogP contribution in [0.3, 0.4) is 0 Å². The molecule has 0 aromatic carbocycles. The SMILES string of the molecule is Bc1ncc(C(=O)OCC)cc1Br. The maximum atomic E-state index is 11.2. The van der Waals surface area contributed by atoms with E-state index < -0.39 is 0 Å². The third-order valence-electron chi connectivity index (χ3n) is 1.54. The zero-order valence-corrected chi connectivity index (χ0v) is 9.09. The van der Waals surface area contributed by atoms with Gasteiger partial charge in [0.2, 0.25) is 0 Å². The first-order chi connectivity index (χ1) is 6.15. The normalized spacial score (nSPS) is 9.69. The molecule has 0 spiro atoms. The fourth-order valence-corrected chi connectivity index (χ4v) is 1.18. The van der Waals surface area contributed by atoms with Crippen molar-refractivity contribution in [3.63, 3.8) is 0 Å². The lowest BCUT2D eigenvalue weighted by molar-refractivity contribution is 0.0526. The number of carbonyl (C=O) groups is 1. The van der Waals surface area contributed by atoms with Gasteiger partial charge in [-0.05, 0) is 28.9 Å². The molecule has 1 rings (SSSR count). The van der Waals surface area contributed by atoms with Gasteiger partial charge in [-0.25, -0.2) is 4.79 Å². The summed E-state index contributed by atoms with van der Waals surface area (Å²) in [7, 11) is 1.86. The monoisotopic (exact) mass is 241 g/mol. The van der Waals surface area contributed by atoms with Crippen LogP contribution in [0.15, 0.2) is 16.7 Å². The van der Waals surface area contributed by atoms with Crippen LogP contribution >= 0.6 is 15.9 Å². The van der Waals surface area contributed by atoms with E-state index in [9.17, 15) is 4.79 Å². The second-order valence-corrected chi connectivity index (χ2v) is 3.37. The van der Waals surface area contributed by atoms with E-state index in [0.717, 1.165) is 10.1 Å². The van der Waals surface area contributed by atoms with Crippen molar-refractivity contribution < 1.29 is 9.53 Å². The Morgan fingerprint density at radius 1 is 1.77 bits per heavy atom. The summed E-state index contributed by atoms with van der Waals surface area (Å²) in [5.74, 6) is -0.337. The first-order valence-electron chi connectivity index (χ1n) is 3.94. The van der Waals surface area contributed by atoms with Crippen LogP contribution in [0.4, 0.5) is 0 Å². The number of ether oxygens (including phenoxy) is 1. The Balaban J connectivity index is 2.90. The predicted molar refractivity (Wildman–Crippen MR) is 56.1 cm³/mol. The Hall–Kier alpha value is -0.835. The summed E-state index contributed by atoms with van der Waals surface area (Å²) in [6.07, 6.45) is 1.51. The molecule has 0 aliphatic rings. The first kappa shape index (κ1) is 10.2. The minimum atomic E-state index is -0.337. The minimum absolute atomic E-state index is 0.337. The Kier molecular flexibility index (Phi) is 3.48. The second kappa shape index (κ2) is 4.41. The molecule has 68 valence electrons. The third kappa shape index (κ3) is 2.55. The molecular formula is C8H9BBrNO2. The topological polar surface area (TPSA) is 39.2 Å². The standard InChI is InChI=1S/C8H9BBrNO2/c1-2-13-8(12)5-3-6(10)7(9)11-4-5/h3-4H,2,9H2,1H3. The van der Waals surface area contributed by atoms with Crippen molar-refractivity contribution in [2.45, 2.75) is 6.92 Å². The Morgan fingerprint density at radius 2 is 2.46 bits per heavy atom. The van der Waals surface area contributed by atoms with Gasteiger partial charge in [0.25, 0.3) is 0 Å². The highest BCUT2D eigenvalue weighted by atomic mass is 79.9. The lowest BCUT2D eigenvalue weighted by Crippen LogP contribution is -2.13. The average Bonchev–Trinajstić information content (AvgIpc) is 2.10. The molecule has 1 aromatic heterocycles. The van der Waals surface area contributed by atoms with Crippen molar-refractivity contribution in [3.8, 4) is 0 Å². The molecule has 0 unspecified atom stereocenters. The summed E-state index contributed by atoms with van der Waals surface area (Å²) in [4.78, 5) is 15.3. The van der Waals surface area contributed by atoms with Gasteiger partial charge < -0.3 is 4.74 Å². The lowest BCUT2D eigenvalue weighted by Gasteiger charge is -2.02. The molecule has 0 bridgehead atoms. The summed E-state index contributed by atoms with van der Waals surface area (Å²) in [6, 6.07) is 1.71. The molecule has 3 nitrogen and oxygen atoms in total. The van der Waals surface area contributed by atoms with E-state index in [0.29, 0.717) is 12.2 Å². The summed E-state index contributed by atoms with van der Waals surface area (Å²) in [5, 5.41) is 0. The number of esters is 1. The van der Waals surface area contributed by atoms with Gasteiger partial charge in [-0.2, -0.15) is 0 Å². The van der Waals surface area contributed by atoms with Crippen molar-refractivity contribution in [1.82, 2.24) is 4.98 Å². The highest BCUT2D eigenvalue weighted by Crippen LogP contribution is 2.08. The van der Waals surface area contributed by atoms with Gasteiger partial charge in [0.1, 0.15) is 0 Å². The Bertz CT molecular complexity index is 330. The molecular weight excluding hydrogens is 233 g/mol. The fourth-order valence-electron chi connectivity index (χ4n) is 0.832. The lowest BCUT2D eigenvalue weighted by atomic mass is 10.0. The van der Waals surface area contributed by atoms with Crippen molar-refractivity contribution in [2.24, 2.45) is 0 Å². The molecule has 0 saturated heterocycles. The van der Waals surface area contributed by atoms with Gasteiger partial charge in [0, 0.05) is 16.3 Å². The van der Waals surface area contributed by atoms with E-state index in [1.165, 1.54) is 6.20 Å². The number of pyridine rings is 1. The van der Waals surface area contributed by atoms with Crippen LogP contribution in [-0.2, 0) is 4.74 Å². The van der Waals surface area contributed by atoms with Gasteiger partial charge in [-0.1, -0.05) is 0 Å². The molecule has 1 heterocycles. The van der Waals surface area contributed by atoms with Gasteiger partial charge in [-0.15, -0.1) is 0 Å². The molecule has 0 atom stereocenters.